The van der Waals surface area contributed by atoms with Crippen molar-refractivity contribution in [1.82, 2.24) is 5.06 Å². The fourth-order valence-electron chi connectivity index (χ4n) is 1.52. The van der Waals surface area contributed by atoms with Gasteiger partial charge in [0.25, 0.3) is 0 Å². The van der Waals surface area contributed by atoms with Gasteiger partial charge in [-0.2, -0.15) is 5.06 Å². The zero-order valence-corrected chi connectivity index (χ0v) is 8.13. The molecule has 0 amide bonds. The van der Waals surface area contributed by atoms with Crippen LogP contribution in [0, 0.1) is 5.92 Å². The number of hydroxylamine groups is 2. The lowest BCUT2D eigenvalue weighted by molar-refractivity contribution is -0.184. The highest BCUT2D eigenvalue weighted by Gasteiger charge is 2.34. The van der Waals surface area contributed by atoms with Crippen LogP contribution < -0.4 is 0 Å². The lowest BCUT2D eigenvalue weighted by Gasteiger charge is -2.35. The molecule has 3 nitrogen and oxygen atoms in total. The molecule has 0 radical (unpaired) electrons. The van der Waals surface area contributed by atoms with Gasteiger partial charge in [-0.15, -0.1) is 0 Å². The smallest absolute Gasteiger partial charge is 0.0489 e. The molecule has 1 aliphatic heterocycles. The van der Waals surface area contributed by atoms with E-state index >= 15 is 0 Å². The first-order chi connectivity index (χ1) is 5.46. The highest BCUT2D eigenvalue weighted by Crippen LogP contribution is 2.27. The van der Waals surface area contributed by atoms with Crippen molar-refractivity contribution >= 4 is 6.29 Å². The summed E-state index contributed by atoms with van der Waals surface area (Å²) in [5.74, 6) is -0.0933. The second kappa shape index (κ2) is 3.15. The van der Waals surface area contributed by atoms with E-state index in [1.165, 1.54) is 0 Å². The van der Waals surface area contributed by atoms with E-state index in [2.05, 4.69) is 20.8 Å². The Balaban J connectivity index is 2.66. The van der Waals surface area contributed by atoms with E-state index in [4.69, 9.17) is 4.84 Å². The van der Waals surface area contributed by atoms with Crippen molar-refractivity contribution in [2.24, 2.45) is 5.92 Å². The van der Waals surface area contributed by atoms with Crippen molar-refractivity contribution in [3.8, 4) is 0 Å². The van der Waals surface area contributed by atoms with Crippen LogP contribution in [0.1, 0.15) is 27.7 Å². The van der Waals surface area contributed by atoms with Crippen LogP contribution in [0.5, 0.6) is 0 Å². The summed E-state index contributed by atoms with van der Waals surface area (Å²) in [5.41, 5.74) is -0.0367. The number of hydrogen-bond acceptors (Lipinski definition) is 3. The largest absolute Gasteiger partial charge is 0.541 e. The van der Waals surface area contributed by atoms with Gasteiger partial charge in [-0.25, -0.2) is 0 Å². The van der Waals surface area contributed by atoms with Crippen LogP contribution in [0.3, 0.4) is 0 Å². The predicted octanol–water partition coefficient (Wildman–Crippen LogP) is 1.15. The highest BCUT2D eigenvalue weighted by molar-refractivity contribution is 5.56. The molecule has 0 aromatic carbocycles. The lowest BCUT2D eigenvalue weighted by Crippen LogP contribution is -2.43. The Labute approximate surface area is 73.6 Å². The molecule has 1 rings (SSSR count). The normalized spacial score (nSPS) is 32.3. The average molecular weight is 170 g/mol. The third-order valence-electron chi connectivity index (χ3n) is 2.16. The summed E-state index contributed by atoms with van der Waals surface area (Å²) in [6.45, 7) is 8.67. The highest BCUT2D eigenvalue weighted by atomic mass is 16.7. The summed E-state index contributed by atoms with van der Waals surface area (Å²) >= 11 is 0. The van der Waals surface area contributed by atoms with E-state index in [0.717, 1.165) is 0 Å². The third kappa shape index (κ3) is 1.67. The number of rotatable bonds is 1. The van der Waals surface area contributed by atoms with Gasteiger partial charge in [0.1, 0.15) is 0 Å². The monoisotopic (exact) mass is 170 g/mol. The Morgan fingerprint density at radius 2 is 2.08 bits per heavy atom. The molecular weight excluding hydrogens is 154 g/mol. The Bertz CT molecular complexity index is 174. The van der Waals surface area contributed by atoms with Gasteiger partial charge in [0, 0.05) is 18.2 Å². The summed E-state index contributed by atoms with van der Waals surface area (Å²) in [5, 5.41) is 1.88. The molecular formula is C9H16NO2-. The maximum absolute atomic E-state index is 10.5. The van der Waals surface area contributed by atoms with Crippen molar-refractivity contribution in [3.05, 3.63) is 0 Å². The molecule has 70 valence electrons. The molecule has 3 heteroatoms. The van der Waals surface area contributed by atoms with E-state index in [1.807, 2.05) is 18.3 Å². The first-order valence-electron chi connectivity index (χ1n) is 4.26. The maximum atomic E-state index is 10.5. The Morgan fingerprint density at radius 1 is 1.50 bits per heavy atom. The van der Waals surface area contributed by atoms with Crippen molar-refractivity contribution < 1.29 is 9.63 Å². The maximum Gasteiger partial charge on any atom is 0.0489 e. The van der Waals surface area contributed by atoms with Crippen LogP contribution >= 0.6 is 0 Å². The van der Waals surface area contributed by atoms with Crippen LogP contribution in [-0.4, -0.2) is 29.5 Å². The third-order valence-corrected chi connectivity index (χ3v) is 2.16. The Morgan fingerprint density at radius 3 is 2.33 bits per heavy atom. The van der Waals surface area contributed by atoms with Crippen LogP contribution in [-0.2, 0) is 9.63 Å². The molecule has 0 saturated carbocycles. The molecule has 1 aliphatic rings. The van der Waals surface area contributed by atoms with Crippen molar-refractivity contribution in [3.63, 3.8) is 0 Å². The summed E-state index contributed by atoms with van der Waals surface area (Å²) < 4.78 is 0. The molecule has 1 heterocycles. The standard InChI is InChI=1S/C9H16NO2/c1-7-8(5-11)6-12-10(7)9(2,3)4/h7-8H,6H2,1-4H3/q-1/t7-,8+/m1/s1. The SMILES string of the molecule is C[C@@H]1[C@@H]([C-]=O)CON1C(C)(C)C. The summed E-state index contributed by atoms with van der Waals surface area (Å²) in [7, 11) is 0. The minimum Gasteiger partial charge on any atom is -0.541 e. The second-order valence-corrected chi connectivity index (χ2v) is 4.26. The first kappa shape index (κ1) is 9.68. The van der Waals surface area contributed by atoms with Gasteiger partial charge in [0.15, 0.2) is 0 Å². The second-order valence-electron chi connectivity index (χ2n) is 4.26. The summed E-state index contributed by atoms with van der Waals surface area (Å²) in [6, 6.07) is 0.141. The molecule has 0 unspecified atom stereocenters. The van der Waals surface area contributed by atoms with E-state index < -0.39 is 0 Å². The average Bonchev–Trinajstić information content (AvgIpc) is 2.29. The summed E-state index contributed by atoms with van der Waals surface area (Å²) in [6.07, 6.45) is 2.00. The van der Waals surface area contributed by atoms with Gasteiger partial charge in [0.05, 0.1) is 0 Å². The van der Waals surface area contributed by atoms with Crippen LogP contribution in [0.2, 0.25) is 0 Å². The molecule has 0 spiro atoms. The first-order valence-corrected chi connectivity index (χ1v) is 4.26. The Hall–Kier alpha value is -0.410. The van der Waals surface area contributed by atoms with E-state index in [0.29, 0.717) is 6.61 Å². The van der Waals surface area contributed by atoms with E-state index in [1.54, 1.807) is 0 Å². The van der Waals surface area contributed by atoms with Crippen molar-refractivity contribution in [1.29, 1.82) is 0 Å². The van der Waals surface area contributed by atoms with Crippen LogP contribution in [0.25, 0.3) is 0 Å². The molecule has 0 aromatic rings. The van der Waals surface area contributed by atoms with Gasteiger partial charge < -0.3 is 9.63 Å². The Kier molecular flexibility index (Phi) is 2.54. The molecule has 1 saturated heterocycles. The van der Waals surface area contributed by atoms with E-state index in [9.17, 15) is 4.79 Å². The minimum absolute atomic E-state index is 0.0367. The zero-order chi connectivity index (χ0) is 9.35. The van der Waals surface area contributed by atoms with Crippen molar-refractivity contribution in [2.75, 3.05) is 6.61 Å². The van der Waals surface area contributed by atoms with Crippen molar-refractivity contribution in [2.45, 2.75) is 39.3 Å². The topological polar surface area (TPSA) is 29.5 Å². The molecule has 2 atom stereocenters. The molecule has 0 N–H and O–H groups in total. The lowest BCUT2D eigenvalue weighted by atomic mass is 10.0. The van der Waals surface area contributed by atoms with Gasteiger partial charge in [-0.3, -0.25) is 6.29 Å². The minimum atomic E-state index is -0.0933. The molecule has 0 bridgehead atoms. The molecule has 0 aliphatic carbocycles. The number of nitrogens with zero attached hydrogens (tertiary/aromatic N) is 1. The number of hydrogen-bond donors (Lipinski definition) is 0. The predicted molar refractivity (Wildman–Crippen MR) is 46.2 cm³/mol. The van der Waals surface area contributed by atoms with Gasteiger partial charge in [-0.1, -0.05) is 5.92 Å². The fourth-order valence-corrected chi connectivity index (χ4v) is 1.52. The fraction of sp³-hybridized carbons (Fsp3) is 0.889. The molecule has 1 fully saturated rings. The van der Waals surface area contributed by atoms with E-state index in [-0.39, 0.29) is 17.5 Å². The van der Waals surface area contributed by atoms with Gasteiger partial charge >= 0.3 is 0 Å². The van der Waals surface area contributed by atoms with Gasteiger partial charge in [-0.05, 0) is 27.7 Å². The molecule has 0 aromatic heterocycles. The molecule has 12 heavy (non-hydrogen) atoms. The van der Waals surface area contributed by atoms with Crippen LogP contribution in [0.15, 0.2) is 0 Å². The summed E-state index contributed by atoms with van der Waals surface area (Å²) in [4.78, 5) is 15.9. The number of carbonyl (C=O) groups excluding carboxylic acids is 1. The van der Waals surface area contributed by atoms with Gasteiger partial charge in [0.2, 0.25) is 0 Å². The van der Waals surface area contributed by atoms with Crippen LogP contribution in [0.4, 0.5) is 0 Å². The zero-order valence-electron chi connectivity index (χ0n) is 8.13. The quantitative estimate of drug-likeness (QED) is 0.553.